The molecule has 2 heterocycles. The molecular weight excluding hydrogens is 314 g/mol. The number of hydrogen-bond acceptors (Lipinski definition) is 3. The Morgan fingerprint density at radius 3 is 2.80 bits per heavy atom. The summed E-state index contributed by atoms with van der Waals surface area (Å²) in [5.74, 6) is 0.884. The third-order valence-electron chi connectivity index (χ3n) is 3.98. The Morgan fingerprint density at radius 1 is 1.08 bits per heavy atom. The molecule has 1 N–H and O–H groups in total. The van der Waals surface area contributed by atoms with E-state index < -0.39 is 0 Å². The van der Waals surface area contributed by atoms with Crippen LogP contribution >= 0.6 is 0 Å². The number of ether oxygens (including phenoxy) is 1. The highest BCUT2D eigenvalue weighted by Crippen LogP contribution is 2.22. The summed E-state index contributed by atoms with van der Waals surface area (Å²) in [6.07, 6.45) is 7.95. The first-order valence-corrected chi connectivity index (χ1v) is 8.67. The number of carbonyl (C=O) groups excluding carboxylic acids is 1. The summed E-state index contributed by atoms with van der Waals surface area (Å²) < 4.78 is 7.90. The van der Waals surface area contributed by atoms with Gasteiger partial charge in [-0.25, -0.2) is 0 Å². The summed E-state index contributed by atoms with van der Waals surface area (Å²) in [6.45, 7) is 2.05. The van der Waals surface area contributed by atoms with E-state index in [1.165, 1.54) is 0 Å². The van der Waals surface area contributed by atoms with E-state index in [0.717, 1.165) is 36.0 Å². The van der Waals surface area contributed by atoms with Gasteiger partial charge in [0, 0.05) is 43.5 Å². The Hall–Kier alpha value is -2.82. The lowest BCUT2D eigenvalue weighted by Gasteiger charge is -2.09. The molecular formula is C20H23N3O2. The summed E-state index contributed by atoms with van der Waals surface area (Å²) in [5.41, 5.74) is 0.874. The molecule has 1 aromatic carbocycles. The summed E-state index contributed by atoms with van der Waals surface area (Å²) in [6, 6.07) is 13.8. The molecule has 0 atom stereocenters. The van der Waals surface area contributed by atoms with Crippen molar-refractivity contribution in [2.45, 2.75) is 25.8 Å². The Bertz CT molecular complexity index is 794. The van der Waals surface area contributed by atoms with E-state index in [-0.39, 0.29) is 5.91 Å². The molecule has 1 amide bonds. The minimum atomic E-state index is 0.0963. The van der Waals surface area contributed by atoms with Crippen LogP contribution in [0.1, 0.15) is 19.3 Å². The van der Waals surface area contributed by atoms with Gasteiger partial charge in [0.2, 0.25) is 5.91 Å². The van der Waals surface area contributed by atoms with Gasteiger partial charge in [0.15, 0.2) is 0 Å². The number of pyridine rings is 1. The van der Waals surface area contributed by atoms with Crippen molar-refractivity contribution in [3.05, 3.63) is 61.1 Å². The standard InChI is InChI=1S/C20H23N3O2/c24-19(10-5-15-23-13-1-2-14-23)21-12-6-16-25-18-9-3-7-17-8-4-11-22-20(17)18/h1-4,7-9,11,13-14H,5-6,10,12,15-16H2,(H,21,24). The van der Waals surface area contributed by atoms with Crippen molar-refractivity contribution >= 4 is 16.8 Å². The van der Waals surface area contributed by atoms with Gasteiger partial charge in [-0.1, -0.05) is 18.2 Å². The van der Waals surface area contributed by atoms with Crippen molar-refractivity contribution in [1.29, 1.82) is 0 Å². The first kappa shape index (κ1) is 17.0. The number of nitrogens with zero attached hydrogens (tertiary/aromatic N) is 2. The van der Waals surface area contributed by atoms with E-state index in [1.807, 2.05) is 54.9 Å². The second kappa shape index (κ2) is 8.87. The molecule has 25 heavy (non-hydrogen) atoms. The molecule has 3 rings (SSSR count). The summed E-state index contributed by atoms with van der Waals surface area (Å²) in [5, 5.41) is 4.01. The van der Waals surface area contributed by atoms with Gasteiger partial charge in [-0.2, -0.15) is 0 Å². The highest BCUT2D eigenvalue weighted by Gasteiger charge is 2.03. The molecule has 0 unspecified atom stereocenters. The number of amides is 1. The number of carbonyl (C=O) groups is 1. The number of nitrogens with one attached hydrogen (secondary N) is 1. The van der Waals surface area contributed by atoms with Crippen LogP contribution in [0.15, 0.2) is 61.1 Å². The quantitative estimate of drug-likeness (QED) is 0.609. The highest BCUT2D eigenvalue weighted by molar-refractivity contribution is 5.84. The third kappa shape index (κ3) is 5.08. The molecule has 0 fully saturated rings. The number of para-hydroxylation sites is 1. The third-order valence-corrected chi connectivity index (χ3v) is 3.98. The van der Waals surface area contributed by atoms with E-state index in [4.69, 9.17) is 4.74 Å². The van der Waals surface area contributed by atoms with Gasteiger partial charge in [0.1, 0.15) is 11.3 Å². The number of benzene rings is 1. The monoisotopic (exact) mass is 337 g/mol. The van der Waals surface area contributed by atoms with Crippen molar-refractivity contribution in [2.24, 2.45) is 0 Å². The fraction of sp³-hybridized carbons (Fsp3) is 0.300. The molecule has 0 spiro atoms. The molecule has 5 heteroatoms. The van der Waals surface area contributed by atoms with Crippen molar-refractivity contribution in [3.63, 3.8) is 0 Å². The van der Waals surface area contributed by atoms with E-state index in [1.54, 1.807) is 6.20 Å². The van der Waals surface area contributed by atoms with Crippen LogP contribution < -0.4 is 10.1 Å². The van der Waals surface area contributed by atoms with Crippen molar-refractivity contribution < 1.29 is 9.53 Å². The molecule has 0 aliphatic heterocycles. The van der Waals surface area contributed by atoms with Gasteiger partial charge in [-0.3, -0.25) is 9.78 Å². The summed E-state index contributed by atoms with van der Waals surface area (Å²) in [7, 11) is 0. The van der Waals surface area contributed by atoms with Crippen LogP contribution in [0.25, 0.3) is 10.9 Å². The van der Waals surface area contributed by atoms with Crippen LogP contribution in [0.5, 0.6) is 5.75 Å². The maximum absolute atomic E-state index is 11.8. The van der Waals surface area contributed by atoms with Gasteiger partial charge in [-0.15, -0.1) is 0 Å². The van der Waals surface area contributed by atoms with E-state index in [0.29, 0.717) is 19.6 Å². The molecule has 0 saturated carbocycles. The molecule has 0 radical (unpaired) electrons. The van der Waals surface area contributed by atoms with Crippen LogP contribution in [0, 0.1) is 0 Å². The average Bonchev–Trinajstić information content (AvgIpc) is 3.15. The van der Waals surface area contributed by atoms with Crippen molar-refractivity contribution in [3.8, 4) is 5.75 Å². The Labute approximate surface area is 147 Å². The van der Waals surface area contributed by atoms with Crippen molar-refractivity contribution in [2.75, 3.05) is 13.2 Å². The molecule has 5 nitrogen and oxygen atoms in total. The van der Waals surface area contributed by atoms with Gasteiger partial charge in [0.25, 0.3) is 0 Å². The predicted molar refractivity (Wildman–Crippen MR) is 98.5 cm³/mol. The lowest BCUT2D eigenvalue weighted by atomic mass is 10.2. The highest BCUT2D eigenvalue weighted by atomic mass is 16.5. The molecule has 0 aliphatic carbocycles. The van der Waals surface area contributed by atoms with Crippen LogP contribution in [-0.4, -0.2) is 28.6 Å². The zero-order chi connectivity index (χ0) is 17.3. The lowest BCUT2D eigenvalue weighted by molar-refractivity contribution is -0.121. The zero-order valence-electron chi connectivity index (χ0n) is 14.2. The summed E-state index contributed by atoms with van der Waals surface area (Å²) in [4.78, 5) is 16.2. The van der Waals surface area contributed by atoms with Crippen LogP contribution in [0.2, 0.25) is 0 Å². The topological polar surface area (TPSA) is 56.2 Å². The first-order chi connectivity index (χ1) is 12.3. The van der Waals surface area contributed by atoms with Gasteiger partial charge in [-0.05, 0) is 37.1 Å². The summed E-state index contributed by atoms with van der Waals surface area (Å²) >= 11 is 0. The Balaban J connectivity index is 1.32. The fourth-order valence-corrected chi connectivity index (χ4v) is 2.70. The SMILES string of the molecule is O=C(CCCn1cccc1)NCCCOc1cccc2cccnc12. The largest absolute Gasteiger partial charge is 0.491 e. The number of rotatable bonds is 9. The van der Waals surface area contributed by atoms with Crippen LogP contribution in [0.3, 0.4) is 0 Å². The smallest absolute Gasteiger partial charge is 0.220 e. The molecule has 0 bridgehead atoms. The second-order valence-corrected chi connectivity index (χ2v) is 5.91. The van der Waals surface area contributed by atoms with Gasteiger partial charge < -0.3 is 14.6 Å². The van der Waals surface area contributed by atoms with Gasteiger partial charge in [0.05, 0.1) is 6.61 Å². The number of hydrogen-bond donors (Lipinski definition) is 1. The first-order valence-electron chi connectivity index (χ1n) is 8.67. The Morgan fingerprint density at radius 2 is 1.92 bits per heavy atom. The average molecular weight is 337 g/mol. The number of aryl methyl sites for hydroxylation is 1. The second-order valence-electron chi connectivity index (χ2n) is 5.91. The maximum atomic E-state index is 11.8. The fourth-order valence-electron chi connectivity index (χ4n) is 2.70. The molecule has 0 aliphatic rings. The normalized spacial score (nSPS) is 10.7. The number of aromatic nitrogens is 2. The van der Waals surface area contributed by atoms with Crippen LogP contribution in [-0.2, 0) is 11.3 Å². The minimum absolute atomic E-state index is 0.0963. The Kier molecular flexibility index (Phi) is 6.04. The van der Waals surface area contributed by atoms with Crippen LogP contribution in [0.4, 0.5) is 0 Å². The van der Waals surface area contributed by atoms with Crippen molar-refractivity contribution in [1.82, 2.24) is 14.9 Å². The van der Waals surface area contributed by atoms with E-state index in [2.05, 4.69) is 14.9 Å². The molecule has 2 aromatic heterocycles. The minimum Gasteiger partial charge on any atom is -0.491 e. The van der Waals surface area contributed by atoms with Gasteiger partial charge >= 0.3 is 0 Å². The predicted octanol–water partition coefficient (Wildman–Crippen LogP) is 3.40. The maximum Gasteiger partial charge on any atom is 0.220 e. The van der Waals surface area contributed by atoms with E-state index in [9.17, 15) is 4.79 Å². The molecule has 3 aromatic rings. The number of fused-ring (bicyclic) bond motifs is 1. The zero-order valence-corrected chi connectivity index (χ0v) is 14.2. The molecule has 130 valence electrons. The molecule has 0 saturated heterocycles. The lowest BCUT2D eigenvalue weighted by Crippen LogP contribution is -2.25. The van der Waals surface area contributed by atoms with E-state index >= 15 is 0 Å².